The van der Waals surface area contributed by atoms with Gasteiger partial charge in [0, 0.05) is 17.3 Å². The van der Waals surface area contributed by atoms with E-state index in [0.29, 0.717) is 28.1 Å². The van der Waals surface area contributed by atoms with E-state index in [2.05, 4.69) is 5.32 Å². The van der Waals surface area contributed by atoms with Gasteiger partial charge < -0.3 is 11.1 Å². The Morgan fingerprint density at radius 1 is 1.50 bits per heavy atom. The van der Waals surface area contributed by atoms with Crippen molar-refractivity contribution in [1.29, 1.82) is 0 Å². The highest BCUT2D eigenvalue weighted by molar-refractivity contribution is 7.86. The fourth-order valence-corrected chi connectivity index (χ4v) is 2.86. The Hall–Kier alpha value is -1.07. The lowest BCUT2D eigenvalue weighted by Crippen LogP contribution is -2.30. The van der Waals surface area contributed by atoms with Crippen LogP contribution in [0, 0.1) is 5.92 Å². The second kappa shape index (κ2) is 5.71. The molecule has 0 spiro atoms. The molecule has 0 radical (unpaired) electrons. The molecule has 0 saturated heterocycles. The summed E-state index contributed by atoms with van der Waals surface area (Å²) in [5.41, 5.74) is 6.11. The maximum absolute atomic E-state index is 12.0. The molecule has 0 aliphatic heterocycles. The first-order valence-corrected chi connectivity index (χ1v) is 7.46. The summed E-state index contributed by atoms with van der Waals surface area (Å²) < 4.78 is 12.0. The number of benzene rings is 1. The minimum Gasteiger partial charge on any atom is -0.398 e. The van der Waals surface area contributed by atoms with Gasteiger partial charge in [0.05, 0.1) is 15.7 Å². The number of carbonyl (C=O) groups excluding carboxylic acids is 1. The Labute approximate surface area is 113 Å². The predicted molar refractivity (Wildman–Crippen MR) is 72.9 cm³/mol. The lowest BCUT2D eigenvalue weighted by atomic mass is 10.3. The summed E-state index contributed by atoms with van der Waals surface area (Å²) in [6, 6.07) is 4.77. The van der Waals surface area contributed by atoms with Gasteiger partial charge in [-0.25, -0.2) is 0 Å². The molecule has 98 valence electrons. The Morgan fingerprint density at radius 3 is 2.89 bits per heavy atom. The van der Waals surface area contributed by atoms with Crippen molar-refractivity contribution in [3.8, 4) is 0 Å². The van der Waals surface area contributed by atoms with Crippen LogP contribution < -0.4 is 11.1 Å². The number of hydrogen-bond acceptors (Lipinski definition) is 3. The maximum Gasteiger partial charge on any atom is 0.233 e. The Morgan fingerprint density at radius 2 is 2.22 bits per heavy atom. The number of amides is 1. The molecule has 1 saturated carbocycles. The average molecular weight is 287 g/mol. The molecule has 1 aliphatic rings. The monoisotopic (exact) mass is 286 g/mol. The van der Waals surface area contributed by atoms with Crippen molar-refractivity contribution in [2.45, 2.75) is 17.7 Å². The van der Waals surface area contributed by atoms with Gasteiger partial charge in [-0.1, -0.05) is 11.6 Å². The normalized spacial score (nSPS) is 16.3. The number of halogens is 1. The maximum atomic E-state index is 12.0. The first-order chi connectivity index (χ1) is 8.56. The molecule has 1 atom stereocenters. The van der Waals surface area contributed by atoms with Gasteiger partial charge in [0.15, 0.2) is 0 Å². The molecule has 0 bridgehead atoms. The van der Waals surface area contributed by atoms with Crippen molar-refractivity contribution in [3.05, 3.63) is 23.2 Å². The molecule has 0 heterocycles. The van der Waals surface area contributed by atoms with Crippen LogP contribution in [0.15, 0.2) is 23.1 Å². The van der Waals surface area contributed by atoms with Crippen LogP contribution in [-0.4, -0.2) is 22.4 Å². The van der Waals surface area contributed by atoms with Crippen molar-refractivity contribution in [3.63, 3.8) is 0 Å². The third kappa shape index (κ3) is 3.71. The van der Waals surface area contributed by atoms with Crippen LogP contribution in [0.1, 0.15) is 12.8 Å². The molecule has 4 nitrogen and oxygen atoms in total. The van der Waals surface area contributed by atoms with Crippen LogP contribution in [0.4, 0.5) is 5.69 Å². The first-order valence-electron chi connectivity index (χ1n) is 5.76. The highest BCUT2D eigenvalue weighted by Crippen LogP contribution is 2.27. The van der Waals surface area contributed by atoms with Crippen molar-refractivity contribution in [2.24, 2.45) is 5.92 Å². The van der Waals surface area contributed by atoms with E-state index >= 15 is 0 Å². The highest BCUT2D eigenvalue weighted by atomic mass is 35.5. The van der Waals surface area contributed by atoms with Crippen molar-refractivity contribution < 1.29 is 9.00 Å². The van der Waals surface area contributed by atoms with Gasteiger partial charge in [0.1, 0.15) is 5.75 Å². The number of nitrogens with two attached hydrogens (primary N) is 1. The summed E-state index contributed by atoms with van der Waals surface area (Å²) in [4.78, 5) is 12.0. The second-order valence-corrected chi connectivity index (χ2v) is 6.28. The fourth-order valence-electron chi connectivity index (χ4n) is 1.53. The van der Waals surface area contributed by atoms with E-state index in [1.165, 1.54) is 12.8 Å². The second-order valence-electron chi connectivity index (χ2n) is 4.42. The van der Waals surface area contributed by atoms with E-state index in [-0.39, 0.29) is 11.7 Å². The van der Waals surface area contributed by atoms with Gasteiger partial charge in [0.25, 0.3) is 0 Å². The molecule has 1 aliphatic carbocycles. The van der Waals surface area contributed by atoms with E-state index in [0.717, 1.165) is 0 Å². The van der Waals surface area contributed by atoms with E-state index in [1.54, 1.807) is 18.2 Å². The van der Waals surface area contributed by atoms with E-state index in [4.69, 9.17) is 17.3 Å². The van der Waals surface area contributed by atoms with Crippen LogP contribution in [-0.2, 0) is 15.6 Å². The highest BCUT2D eigenvalue weighted by Gasteiger charge is 2.22. The lowest BCUT2D eigenvalue weighted by Gasteiger charge is -2.07. The van der Waals surface area contributed by atoms with Crippen LogP contribution in [0.2, 0.25) is 5.02 Å². The van der Waals surface area contributed by atoms with Gasteiger partial charge in [-0.3, -0.25) is 9.00 Å². The molecule has 1 unspecified atom stereocenters. The summed E-state index contributed by atoms with van der Waals surface area (Å²) in [5.74, 6) is 0.329. The van der Waals surface area contributed by atoms with Crippen molar-refractivity contribution >= 4 is 34.0 Å². The lowest BCUT2D eigenvalue weighted by molar-refractivity contribution is -0.118. The number of nitrogen functional groups attached to an aromatic ring is 1. The molecule has 0 aromatic heterocycles. The van der Waals surface area contributed by atoms with Crippen molar-refractivity contribution in [1.82, 2.24) is 5.32 Å². The number of nitrogens with one attached hydrogen (secondary N) is 1. The van der Waals surface area contributed by atoms with E-state index in [1.807, 2.05) is 0 Å². The molecular weight excluding hydrogens is 272 g/mol. The predicted octanol–water partition coefficient (Wildman–Crippen LogP) is 1.56. The molecule has 6 heteroatoms. The molecule has 1 fully saturated rings. The molecule has 1 amide bonds. The summed E-state index contributed by atoms with van der Waals surface area (Å²) in [5, 5.41) is 3.24. The minimum atomic E-state index is -1.45. The number of hydrogen-bond donors (Lipinski definition) is 2. The van der Waals surface area contributed by atoms with E-state index in [9.17, 15) is 9.00 Å². The summed E-state index contributed by atoms with van der Waals surface area (Å²) in [6.45, 7) is 0.682. The molecule has 1 aromatic rings. The molecule has 3 N–H and O–H groups in total. The third-order valence-corrected chi connectivity index (χ3v) is 4.37. The largest absolute Gasteiger partial charge is 0.398 e. The number of carbonyl (C=O) groups is 1. The Kier molecular flexibility index (Phi) is 4.24. The van der Waals surface area contributed by atoms with Crippen LogP contribution >= 0.6 is 11.6 Å². The van der Waals surface area contributed by atoms with Crippen LogP contribution in [0.3, 0.4) is 0 Å². The van der Waals surface area contributed by atoms with Gasteiger partial charge in [0.2, 0.25) is 5.91 Å². The zero-order valence-corrected chi connectivity index (χ0v) is 11.4. The van der Waals surface area contributed by atoms with Gasteiger partial charge >= 0.3 is 0 Å². The minimum absolute atomic E-state index is 0.0722. The van der Waals surface area contributed by atoms with Crippen LogP contribution in [0.25, 0.3) is 0 Å². The average Bonchev–Trinajstić information content (AvgIpc) is 3.13. The topological polar surface area (TPSA) is 72.2 Å². The van der Waals surface area contributed by atoms with Crippen molar-refractivity contribution in [2.75, 3.05) is 18.0 Å². The summed E-state index contributed by atoms with van der Waals surface area (Å²) in [6.07, 6.45) is 2.34. The molecular formula is C12H15ClN2O2S. The van der Waals surface area contributed by atoms with Crippen LogP contribution in [0.5, 0.6) is 0 Å². The quantitative estimate of drug-likeness (QED) is 0.807. The molecule has 1 aromatic carbocycles. The number of anilines is 1. The Balaban J connectivity index is 1.93. The summed E-state index contributed by atoms with van der Waals surface area (Å²) >= 11 is 5.82. The zero-order valence-electron chi connectivity index (χ0n) is 9.82. The zero-order chi connectivity index (χ0) is 13.1. The van der Waals surface area contributed by atoms with Gasteiger partial charge in [-0.05, 0) is 37.0 Å². The Bertz CT molecular complexity index is 489. The summed E-state index contributed by atoms with van der Waals surface area (Å²) in [7, 11) is -1.45. The first kappa shape index (κ1) is 13.4. The smallest absolute Gasteiger partial charge is 0.233 e. The fraction of sp³-hybridized carbons (Fsp3) is 0.417. The standard InChI is InChI=1S/C12H15ClN2O2S/c13-9-3-4-10(14)11(5-9)18(17)7-12(16)15-6-8-1-2-8/h3-5,8H,1-2,6-7,14H2,(H,15,16). The molecule has 18 heavy (non-hydrogen) atoms. The van der Waals surface area contributed by atoms with Gasteiger partial charge in [-0.15, -0.1) is 0 Å². The molecule has 2 rings (SSSR count). The van der Waals surface area contributed by atoms with Gasteiger partial charge in [-0.2, -0.15) is 0 Å². The third-order valence-electron chi connectivity index (χ3n) is 2.77. The number of rotatable bonds is 5. The van der Waals surface area contributed by atoms with E-state index < -0.39 is 10.8 Å². The SMILES string of the molecule is Nc1ccc(Cl)cc1S(=O)CC(=O)NCC1CC1.